The number of esters is 1. The van der Waals surface area contributed by atoms with Crippen molar-refractivity contribution in [3.63, 3.8) is 0 Å². The van der Waals surface area contributed by atoms with Crippen LogP contribution >= 0.6 is 0 Å². The summed E-state index contributed by atoms with van der Waals surface area (Å²) in [5.74, 6) is -16.0. The molecule has 0 aliphatic rings. The first kappa shape index (κ1) is 16.1. The fourth-order valence-electron chi connectivity index (χ4n) is 1.59. The van der Waals surface area contributed by atoms with Gasteiger partial charge in [0.1, 0.15) is 11.7 Å². The molecular formula is C12H9F5O3. The van der Waals surface area contributed by atoms with E-state index in [2.05, 4.69) is 4.74 Å². The predicted octanol–water partition coefficient (Wildman–Crippen LogP) is 2.62. The third-order valence-electron chi connectivity index (χ3n) is 2.46. The SMILES string of the molecule is CCOC(=O)C(C(C)=O)c1c(F)c(F)c(F)c(F)c1F. The lowest BCUT2D eigenvalue weighted by atomic mass is 9.94. The van der Waals surface area contributed by atoms with Crippen molar-refractivity contribution in [3.8, 4) is 0 Å². The van der Waals surface area contributed by atoms with Crippen LogP contribution in [0.15, 0.2) is 0 Å². The molecule has 1 atom stereocenters. The molecule has 8 heteroatoms. The minimum absolute atomic E-state index is 0.224. The van der Waals surface area contributed by atoms with Gasteiger partial charge in [-0.3, -0.25) is 9.59 Å². The van der Waals surface area contributed by atoms with E-state index in [4.69, 9.17) is 0 Å². The molecule has 0 saturated carbocycles. The van der Waals surface area contributed by atoms with Gasteiger partial charge >= 0.3 is 5.97 Å². The number of halogens is 5. The Morgan fingerprint density at radius 1 is 0.950 bits per heavy atom. The lowest BCUT2D eigenvalue weighted by molar-refractivity contribution is -0.147. The monoisotopic (exact) mass is 296 g/mol. The highest BCUT2D eigenvalue weighted by Crippen LogP contribution is 2.30. The number of hydrogen-bond acceptors (Lipinski definition) is 3. The number of rotatable bonds is 4. The van der Waals surface area contributed by atoms with Crippen LogP contribution in [0.2, 0.25) is 0 Å². The minimum atomic E-state index is -2.37. The van der Waals surface area contributed by atoms with Gasteiger partial charge in [-0.15, -0.1) is 0 Å². The number of Topliss-reactive ketones (excluding diaryl/α,β-unsaturated/α-hetero) is 1. The summed E-state index contributed by atoms with van der Waals surface area (Å²) in [5.41, 5.74) is -1.51. The summed E-state index contributed by atoms with van der Waals surface area (Å²) in [4.78, 5) is 22.8. The van der Waals surface area contributed by atoms with Gasteiger partial charge in [-0.05, 0) is 13.8 Å². The molecule has 0 N–H and O–H groups in total. The van der Waals surface area contributed by atoms with Gasteiger partial charge in [0.25, 0.3) is 0 Å². The highest BCUT2D eigenvalue weighted by molar-refractivity contribution is 6.03. The molecule has 1 aromatic carbocycles. The molecule has 0 aliphatic carbocycles. The predicted molar refractivity (Wildman–Crippen MR) is 56.3 cm³/mol. The Hall–Kier alpha value is -1.99. The zero-order chi connectivity index (χ0) is 15.6. The molecule has 0 radical (unpaired) electrons. The van der Waals surface area contributed by atoms with Crippen LogP contribution in [-0.2, 0) is 14.3 Å². The van der Waals surface area contributed by atoms with Crippen molar-refractivity contribution >= 4 is 11.8 Å². The average molecular weight is 296 g/mol. The van der Waals surface area contributed by atoms with Crippen molar-refractivity contribution in [1.82, 2.24) is 0 Å². The van der Waals surface area contributed by atoms with Crippen molar-refractivity contribution in [2.24, 2.45) is 0 Å². The van der Waals surface area contributed by atoms with E-state index in [1.54, 1.807) is 0 Å². The molecule has 0 fully saturated rings. The fourth-order valence-corrected chi connectivity index (χ4v) is 1.59. The zero-order valence-corrected chi connectivity index (χ0v) is 10.4. The highest BCUT2D eigenvalue weighted by atomic mass is 19.2. The van der Waals surface area contributed by atoms with Gasteiger partial charge in [-0.2, -0.15) is 0 Å². The average Bonchev–Trinajstić information content (AvgIpc) is 2.38. The Kier molecular flexibility index (Phi) is 4.80. The van der Waals surface area contributed by atoms with Gasteiger partial charge in [0.05, 0.1) is 12.2 Å². The summed E-state index contributed by atoms with van der Waals surface area (Å²) >= 11 is 0. The van der Waals surface area contributed by atoms with E-state index in [0.717, 1.165) is 6.92 Å². The quantitative estimate of drug-likeness (QED) is 0.282. The largest absolute Gasteiger partial charge is 0.465 e. The molecule has 1 aromatic rings. The van der Waals surface area contributed by atoms with E-state index in [9.17, 15) is 31.5 Å². The normalized spacial score (nSPS) is 12.2. The Morgan fingerprint density at radius 3 is 1.70 bits per heavy atom. The molecular weight excluding hydrogens is 287 g/mol. The number of ether oxygens (including phenoxy) is 1. The van der Waals surface area contributed by atoms with Gasteiger partial charge in [0.15, 0.2) is 23.3 Å². The van der Waals surface area contributed by atoms with Crippen LogP contribution < -0.4 is 0 Å². The summed E-state index contributed by atoms with van der Waals surface area (Å²) in [7, 11) is 0. The molecule has 0 bridgehead atoms. The van der Waals surface area contributed by atoms with E-state index in [0.29, 0.717) is 0 Å². The van der Waals surface area contributed by atoms with Crippen molar-refractivity contribution < 1.29 is 36.3 Å². The van der Waals surface area contributed by atoms with Crippen molar-refractivity contribution in [3.05, 3.63) is 34.6 Å². The van der Waals surface area contributed by atoms with E-state index in [1.165, 1.54) is 6.92 Å². The van der Waals surface area contributed by atoms with Crippen molar-refractivity contribution in [2.75, 3.05) is 6.61 Å². The third-order valence-corrected chi connectivity index (χ3v) is 2.46. The van der Waals surface area contributed by atoms with Crippen molar-refractivity contribution in [2.45, 2.75) is 19.8 Å². The van der Waals surface area contributed by atoms with Crippen LogP contribution in [0.5, 0.6) is 0 Å². The van der Waals surface area contributed by atoms with Crippen LogP contribution in [0.4, 0.5) is 22.0 Å². The Labute approximate surface area is 110 Å². The molecule has 20 heavy (non-hydrogen) atoms. The Balaban J connectivity index is 3.57. The number of carbonyl (C=O) groups is 2. The molecule has 0 aliphatic heterocycles. The van der Waals surface area contributed by atoms with Gasteiger partial charge in [0, 0.05) is 0 Å². The molecule has 3 nitrogen and oxygen atoms in total. The van der Waals surface area contributed by atoms with Gasteiger partial charge in [-0.1, -0.05) is 0 Å². The lowest BCUT2D eigenvalue weighted by Crippen LogP contribution is -2.26. The van der Waals surface area contributed by atoms with Crippen LogP contribution in [0, 0.1) is 29.1 Å². The first-order valence-corrected chi connectivity index (χ1v) is 5.42. The van der Waals surface area contributed by atoms with E-state index in [-0.39, 0.29) is 6.61 Å². The highest BCUT2D eigenvalue weighted by Gasteiger charge is 2.37. The summed E-state index contributed by atoms with van der Waals surface area (Å²) in [6, 6.07) is 0. The molecule has 0 amide bonds. The second-order valence-electron chi connectivity index (χ2n) is 3.78. The van der Waals surface area contributed by atoms with Crippen LogP contribution in [-0.4, -0.2) is 18.4 Å². The first-order chi connectivity index (χ1) is 9.23. The number of ketones is 1. The third kappa shape index (κ3) is 2.63. The molecule has 0 heterocycles. The van der Waals surface area contributed by atoms with E-state index < -0.39 is 52.3 Å². The fraction of sp³-hybridized carbons (Fsp3) is 0.333. The summed E-state index contributed by atoms with van der Waals surface area (Å²) < 4.78 is 70.5. The minimum Gasteiger partial charge on any atom is -0.465 e. The second kappa shape index (κ2) is 5.98. The van der Waals surface area contributed by atoms with Gasteiger partial charge < -0.3 is 4.74 Å². The molecule has 0 aromatic heterocycles. The van der Waals surface area contributed by atoms with Crippen LogP contribution in [0.3, 0.4) is 0 Å². The van der Waals surface area contributed by atoms with Crippen LogP contribution in [0.25, 0.3) is 0 Å². The second-order valence-corrected chi connectivity index (χ2v) is 3.78. The van der Waals surface area contributed by atoms with Gasteiger partial charge in [-0.25, -0.2) is 22.0 Å². The smallest absolute Gasteiger partial charge is 0.321 e. The first-order valence-electron chi connectivity index (χ1n) is 5.42. The molecule has 0 saturated heterocycles. The number of benzene rings is 1. The Morgan fingerprint density at radius 2 is 1.35 bits per heavy atom. The van der Waals surface area contributed by atoms with Crippen molar-refractivity contribution in [1.29, 1.82) is 0 Å². The van der Waals surface area contributed by atoms with Gasteiger partial charge in [0.2, 0.25) is 5.82 Å². The number of carbonyl (C=O) groups excluding carboxylic acids is 2. The molecule has 1 rings (SSSR count). The van der Waals surface area contributed by atoms with Crippen LogP contribution in [0.1, 0.15) is 25.3 Å². The number of hydrogen-bond donors (Lipinski definition) is 0. The molecule has 0 spiro atoms. The van der Waals surface area contributed by atoms with E-state index in [1.807, 2.05) is 0 Å². The zero-order valence-electron chi connectivity index (χ0n) is 10.4. The maximum Gasteiger partial charge on any atom is 0.321 e. The molecule has 110 valence electrons. The maximum atomic E-state index is 13.5. The maximum absolute atomic E-state index is 13.5. The summed E-state index contributed by atoms with van der Waals surface area (Å²) in [6.45, 7) is 1.91. The van der Waals surface area contributed by atoms with E-state index >= 15 is 0 Å². The standard InChI is InChI=1S/C12H9F5O3/c1-3-20-12(19)5(4(2)18)6-7(13)9(15)11(17)10(16)8(6)14/h5H,3H2,1-2H3. The Bertz CT molecular complexity index is 542. The summed E-state index contributed by atoms with van der Waals surface area (Å²) in [5, 5.41) is 0. The topological polar surface area (TPSA) is 43.4 Å². The molecule has 1 unspecified atom stereocenters. The summed E-state index contributed by atoms with van der Waals surface area (Å²) in [6.07, 6.45) is 0. The lowest BCUT2D eigenvalue weighted by Gasteiger charge is -2.15.